The summed E-state index contributed by atoms with van der Waals surface area (Å²) in [4.78, 5) is 4.34. The molecular weight excluding hydrogens is 218 g/mol. The molecule has 1 fully saturated rings. The Labute approximate surface area is 98.9 Å². The van der Waals surface area contributed by atoms with Gasteiger partial charge in [0.15, 0.2) is 5.58 Å². The van der Waals surface area contributed by atoms with Crippen LogP contribution in [0.2, 0.25) is 0 Å². The minimum atomic E-state index is 0.363. The quantitative estimate of drug-likeness (QED) is 0.793. The number of ether oxygens (including phenoxy) is 1. The normalized spacial score (nSPS) is 23.6. The predicted molar refractivity (Wildman–Crippen MR) is 65.9 cm³/mol. The summed E-state index contributed by atoms with van der Waals surface area (Å²) >= 11 is 0. The van der Waals surface area contributed by atoms with Gasteiger partial charge in [0.1, 0.15) is 5.52 Å². The molecule has 1 aromatic heterocycles. The minimum Gasteiger partial charge on any atom is -0.423 e. The zero-order valence-electron chi connectivity index (χ0n) is 9.64. The SMILES string of the molecule is COC1CC(Nc2nc3c(N)cccc3o2)C1. The summed E-state index contributed by atoms with van der Waals surface area (Å²) < 4.78 is 10.8. The zero-order valence-corrected chi connectivity index (χ0v) is 9.64. The van der Waals surface area contributed by atoms with Gasteiger partial charge in [0, 0.05) is 13.2 Å². The number of para-hydroxylation sites is 1. The van der Waals surface area contributed by atoms with Crippen molar-refractivity contribution < 1.29 is 9.15 Å². The molecule has 2 aromatic rings. The lowest BCUT2D eigenvalue weighted by Crippen LogP contribution is -2.40. The van der Waals surface area contributed by atoms with Crippen molar-refractivity contribution in [3.8, 4) is 0 Å². The fourth-order valence-corrected chi connectivity index (χ4v) is 2.08. The number of oxazole rings is 1. The van der Waals surface area contributed by atoms with Crippen molar-refractivity contribution in [2.45, 2.75) is 25.0 Å². The fourth-order valence-electron chi connectivity index (χ4n) is 2.08. The highest BCUT2D eigenvalue weighted by molar-refractivity contribution is 5.86. The van der Waals surface area contributed by atoms with Crippen LogP contribution in [0.25, 0.3) is 11.1 Å². The maximum absolute atomic E-state index is 5.82. The third kappa shape index (κ3) is 1.82. The van der Waals surface area contributed by atoms with E-state index in [1.165, 1.54) is 0 Å². The summed E-state index contributed by atoms with van der Waals surface area (Å²) in [6, 6.07) is 6.46. The summed E-state index contributed by atoms with van der Waals surface area (Å²) in [6.07, 6.45) is 2.34. The van der Waals surface area contributed by atoms with E-state index in [-0.39, 0.29) is 0 Å². The molecule has 0 bridgehead atoms. The van der Waals surface area contributed by atoms with E-state index >= 15 is 0 Å². The van der Waals surface area contributed by atoms with Gasteiger partial charge in [0.05, 0.1) is 11.8 Å². The molecule has 0 amide bonds. The Balaban J connectivity index is 1.76. The summed E-state index contributed by atoms with van der Waals surface area (Å²) in [5, 5.41) is 3.25. The number of hydrogen-bond acceptors (Lipinski definition) is 5. The number of nitrogens with zero attached hydrogens (tertiary/aromatic N) is 1. The van der Waals surface area contributed by atoms with E-state index in [2.05, 4.69) is 10.3 Å². The largest absolute Gasteiger partial charge is 0.423 e. The molecule has 3 rings (SSSR count). The first-order valence-electron chi connectivity index (χ1n) is 5.70. The Hall–Kier alpha value is -1.75. The molecule has 17 heavy (non-hydrogen) atoms. The summed E-state index contributed by atoms with van der Waals surface area (Å²) in [5.41, 5.74) is 7.90. The van der Waals surface area contributed by atoms with Crippen molar-refractivity contribution in [2.24, 2.45) is 0 Å². The van der Waals surface area contributed by atoms with Crippen LogP contribution >= 0.6 is 0 Å². The van der Waals surface area contributed by atoms with Crippen LogP contribution in [0.5, 0.6) is 0 Å². The second-order valence-electron chi connectivity index (χ2n) is 4.38. The predicted octanol–water partition coefficient (Wildman–Crippen LogP) is 2.00. The fraction of sp³-hybridized carbons (Fsp3) is 0.417. The number of aromatic nitrogens is 1. The van der Waals surface area contributed by atoms with Gasteiger partial charge in [0.2, 0.25) is 0 Å². The van der Waals surface area contributed by atoms with Crippen LogP contribution in [0.3, 0.4) is 0 Å². The third-order valence-electron chi connectivity index (χ3n) is 3.21. The van der Waals surface area contributed by atoms with Gasteiger partial charge in [-0.3, -0.25) is 0 Å². The molecule has 1 heterocycles. The number of nitrogens with two attached hydrogens (primary N) is 1. The van der Waals surface area contributed by atoms with Crippen molar-refractivity contribution in [3.05, 3.63) is 18.2 Å². The number of hydrogen-bond donors (Lipinski definition) is 2. The van der Waals surface area contributed by atoms with E-state index < -0.39 is 0 Å². The molecule has 5 heteroatoms. The molecule has 0 radical (unpaired) electrons. The van der Waals surface area contributed by atoms with Gasteiger partial charge in [0.25, 0.3) is 6.01 Å². The zero-order chi connectivity index (χ0) is 11.8. The molecule has 1 aliphatic rings. The van der Waals surface area contributed by atoms with Gasteiger partial charge in [-0.25, -0.2) is 0 Å². The van der Waals surface area contributed by atoms with Crippen LogP contribution in [-0.2, 0) is 4.74 Å². The van der Waals surface area contributed by atoms with E-state index in [0.717, 1.165) is 23.9 Å². The third-order valence-corrected chi connectivity index (χ3v) is 3.21. The maximum Gasteiger partial charge on any atom is 0.295 e. The number of methoxy groups -OCH3 is 1. The van der Waals surface area contributed by atoms with Crippen LogP contribution in [0.4, 0.5) is 11.7 Å². The summed E-state index contributed by atoms with van der Waals surface area (Å²) in [7, 11) is 1.74. The van der Waals surface area contributed by atoms with Crippen molar-refractivity contribution in [2.75, 3.05) is 18.2 Å². The Morgan fingerprint density at radius 3 is 3.00 bits per heavy atom. The second kappa shape index (κ2) is 3.92. The van der Waals surface area contributed by atoms with E-state index in [0.29, 0.717) is 23.8 Å². The van der Waals surface area contributed by atoms with Crippen molar-refractivity contribution >= 4 is 22.8 Å². The van der Waals surface area contributed by atoms with E-state index in [1.54, 1.807) is 7.11 Å². The number of benzene rings is 1. The van der Waals surface area contributed by atoms with Gasteiger partial charge >= 0.3 is 0 Å². The number of fused-ring (bicyclic) bond motifs is 1. The average Bonchev–Trinajstić information content (AvgIpc) is 2.67. The molecule has 90 valence electrons. The smallest absolute Gasteiger partial charge is 0.295 e. The highest BCUT2D eigenvalue weighted by Crippen LogP contribution is 2.28. The number of anilines is 2. The topological polar surface area (TPSA) is 73.3 Å². The molecule has 3 N–H and O–H groups in total. The van der Waals surface area contributed by atoms with E-state index in [1.807, 2.05) is 18.2 Å². The van der Waals surface area contributed by atoms with Crippen LogP contribution in [-0.4, -0.2) is 24.2 Å². The van der Waals surface area contributed by atoms with E-state index in [9.17, 15) is 0 Å². The monoisotopic (exact) mass is 233 g/mol. The van der Waals surface area contributed by atoms with Crippen LogP contribution < -0.4 is 11.1 Å². The van der Waals surface area contributed by atoms with Gasteiger partial charge < -0.3 is 20.2 Å². The van der Waals surface area contributed by atoms with Crippen LogP contribution in [0.1, 0.15) is 12.8 Å². The Bertz CT molecular complexity index is 532. The Morgan fingerprint density at radius 2 is 2.29 bits per heavy atom. The molecule has 1 aliphatic carbocycles. The molecule has 0 saturated heterocycles. The highest BCUT2D eigenvalue weighted by atomic mass is 16.5. The van der Waals surface area contributed by atoms with Crippen LogP contribution in [0.15, 0.2) is 22.6 Å². The Kier molecular flexibility index (Phi) is 2.40. The summed E-state index contributed by atoms with van der Waals surface area (Å²) in [6.45, 7) is 0. The Morgan fingerprint density at radius 1 is 1.47 bits per heavy atom. The summed E-state index contributed by atoms with van der Waals surface area (Å²) in [5.74, 6) is 0. The molecule has 0 spiro atoms. The lowest BCUT2D eigenvalue weighted by Gasteiger charge is -2.33. The minimum absolute atomic E-state index is 0.363. The molecule has 5 nitrogen and oxygen atoms in total. The first kappa shape index (κ1) is 10.4. The van der Waals surface area contributed by atoms with Gasteiger partial charge in [-0.2, -0.15) is 4.98 Å². The number of rotatable bonds is 3. The lowest BCUT2D eigenvalue weighted by atomic mass is 9.89. The molecule has 1 aromatic carbocycles. The van der Waals surface area contributed by atoms with Crippen molar-refractivity contribution in [1.82, 2.24) is 4.98 Å². The van der Waals surface area contributed by atoms with Gasteiger partial charge in [-0.15, -0.1) is 0 Å². The average molecular weight is 233 g/mol. The second-order valence-corrected chi connectivity index (χ2v) is 4.38. The molecule has 0 aliphatic heterocycles. The van der Waals surface area contributed by atoms with Gasteiger partial charge in [-0.05, 0) is 25.0 Å². The molecule has 1 saturated carbocycles. The van der Waals surface area contributed by atoms with Crippen molar-refractivity contribution in [1.29, 1.82) is 0 Å². The first-order chi connectivity index (χ1) is 8.26. The lowest BCUT2D eigenvalue weighted by molar-refractivity contribution is 0.0323. The standard InChI is InChI=1S/C12H15N3O2/c1-16-8-5-7(6-8)14-12-15-11-9(13)3-2-4-10(11)17-12/h2-4,7-8H,5-6,13H2,1H3,(H,14,15). The van der Waals surface area contributed by atoms with Crippen molar-refractivity contribution in [3.63, 3.8) is 0 Å². The number of nitrogens with one attached hydrogen (secondary N) is 1. The highest BCUT2D eigenvalue weighted by Gasteiger charge is 2.29. The first-order valence-corrected chi connectivity index (χ1v) is 5.70. The molecule has 0 atom stereocenters. The maximum atomic E-state index is 5.82. The van der Waals surface area contributed by atoms with Crippen LogP contribution in [0, 0.1) is 0 Å². The number of nitrogen functional groups attached to an aromatic ring is 1. The van der Waals surface area contributed by atoms with E-state index in [4.69, 9.17) is 14.9 Å². The molecular formula is C12H15N3O2. The molecule has 0 unspecified atom stereocenters. The van der Waals surface area contributed by atoms with Gasteiger partial charge in [-0.1, -0.05) is 6.07 Å².